The molecule has 36 heavy (non-hydrogen) atoms. The van der Waals surface area contributed by atoms with Crippen molar-refractivity contribution in [2.45, 2.75) is 0 Å². The minimum absolute atomic E-state index is 0.0502. The lowest BCUT2D eigenvalue weighted by Crippen LogP contribution is -2.39. The van der Waals surface area contributed by atoms with Gasteiger partial charge >= 0.3 is 0 Å². The Morgan fingerprint density at radius 3 is 2.50 bits per heavy atom. The van der Waals surface area contributed by atoms with E-state index in [0.717, 1.165) is 5.69 Å². The number of amides is 1. The minimum Gasteiger partial charge on any atom is -0.378 e. The summed E-state index contributed by atoms with van der Waals surface area (Å²) in [6, 6.07) is 19.1. The largest absolute Gasteiger partial charge is 0.378 e. The first-order valence-electron chi connectivity index (χ1n) is 11.1. The number of non-ortho nitro benzene ring substituents is 1. The van der Waals surface area contributed by atoms with E-state index >= 15 is 0 Å². The number of aromatic nitrogens is 3. The van der Waals surface area contributed by atoms with Gasteiger partial charge in [-0.1, -0.05) is 18.2 Å². The lowest BCUT2D eigenvalue weighted by Gasteiger charge is -2.30. The van der Waals surface area contributed by atoms with E-state index in [4.69, 9.17) is 17.0 Å². The Kier molecular flexibility index (Phi) is 6.52. The highest BCUT2D eigenvalue weighted by Crippen LogP contribution is 2.26. The van der Waals surface area contributed by atoms with Gasteiger partial charge in [0.2, 0.25) is 0 Å². The van der Waals surface area contributed by atoms with Crippen molar-refractivity contribution in [3.63, 3.8) is 0 Å². The average Bonchev–Trinajstić information content (AvgIpc) is 3.33. The number of nitro groups is 1. The van der Waals surface area contributed by atoms with Gasteiger partial charge < -0.3 is 15.0 Å². The number of thiocarbonyl (C=S) groups is 1. The molecule has 1 saturated heterocycles. The maximum absolute atomic E-state index is 13.1. The van der Waals surface area contributed by atoms with Crippen molar-refractivity contribution in [3.8, 4) is 5.69 Å². The third-order valence-corrected chi connectivity index (χ3v) is 5.84. The minimum atomic E-state index is -0.547. The first-order valence-corrected chi connectivity index (χ1v) is 11.5. The van der Waals surface area contributed by atoms with E-state index in [2.05, 4.69) is 20.8 Å². The van der Waals surface area contributed by atoms with Gasteiger partial charge in [0.25, 0.3) is 11.6 Å². The van der Waals surface area contributed by atoms with Crippen LogP contribution >= 0.6 is 12.2 Å². The monoisotopic (exact) mass is 503 g/mol. The van der Waals surface area contributed by atoms with Gasteiger partial charge in [0.15, 0.2) is 5.11 Å². The summed E-state index contributed by atoms with van der Waals surface area (Å²) in [7, 11) is 0. The van der Waals surface area contributed by atoms with Gasteiger partial charge in [0, 0.05) is 30.9 Å². The molecule has 0 bridgehead atoms. The van der Waals surface area contributed by atoms with Crippen molar-refractivity contribution in [1.82, 2.24) is 20.3 Å². The standard InChI is InChI=1S/C24H21N7O4S/c32-23(19-15-18(31(33)34)7-9-22(19)29-10-12-35-13-11-29)26-24(36)25-16-6-8-20-21(14-16)28-30(27-20)17-4-2-1-3-5-17/h1-9,14-15H,10-13H2,(H2,25,26,32,36). The summed E-state index contributed by atoms with van der Waals surface area (Å²) in [6.07, 6.45) is 0. The van der Waals surface area contributed by atoms with Crippen LogP contribution in [0.5, 0.6) is 0 Å². The molecule has 1 fully saturated rings. The molecule has 0 spiro atoms. The molecule has 4 aromatic rings. The van der Waals surface area contributed by atoms with E-state index in [9.17, 15) is 14.9 Å². The van der Waals surface area contributed by atoms with Crippen molar-refractivity contribution in [2.75, 3.05) is 36.5 Å². The van der Waals surface area contributed by atoms with Gasteiger partial charge in [-0.15, -0.1) is 10.2 Å². The fourth-order valence-electron chi connectivity index (χ4n) is 3.90. The number of hydrogen-bond acceptors (Lipinski definition) is 8. The zero-order valence-corrected chi connectivity index (χ0v) is 19.8. The molecule has 0 aliphatic carbocycles. The molecular weight excluding hydrogens is 482 g/mol. The summed E-state index contributed by atoms with van der Waals surface area (Å²) in [5, 5.41) is 25.9. The number of para-hydroxylation sites is 1. The van der Waals surface area contributed by atoms with Gasteiger partial charge in [0.05, 0.1) is 35.1 Å². The predicted octanol–water partition coefficient (Wildman–Crippen LogP) is 3.29. The van der Waals surface area contributed by atoms with Gasteiger partial charge in [-0.05, 0) is 48.6 Å². The van der Waals surface area contributed by atoms with Crippen LogP contribution in [0.25, 0.3) is 16.7 Å². The summed E-state index contributed by atoms with van der Waals surface area (Å²) < 4.78 is 5.38. The van der Waals surface area contributed by atoms with Crippen molar-refractivity contribution in [2.24, 2.45) is 0 Å². The Morgan fingerprint density at radius 2 is 1.75 bits per heavy atom. The normalized spacial score (nSPS) is 13.4. The van der Waals surface area contributed by atoms with Crippen molar-refractivity contribution in [3.05, 3.63) is 82.4 Å². The highest BCUT2D eigenvalue weighted by molar-refractivity contribution is 7.80. The molecule has 1 aliphatic heterocycles. The molecule has 2 N–H and O–H groups in total. The molecule has 11 nitrogen and oxygen atoms in total. The molecule has 0 atom stereocenters. The Morgan fingerprint density at radius 1 is 1.00 bits per heavy atom. The van der Waals surface area contributed by atoms with E-state index in [1.807, 2.05) is 35.2 Å². The predicted molar refractivity (Wildman–Crippen MR) is 139 cm³/mol. The number of nitrogens with one attached hydrogen (secondary N) is 2. The SMILES string of the molecule is O=C(NC(=S)Nc1ccc2nn(-c3ccccc3)nc2c1)c1cc([N+](=O)[O-])ccc1N1CCOCC1. The van der Waals surface area contributed by atoms with E-state index in [1.165, 1.54) is 12.1 Å². The highest BCUT2D eigenvalue weighted by atomic mass is 32.1. The molecule has 0 unspecified atom stereocenters. The molecule has 182 valence electrons. The summed E-state index contributed by atoms with van der Waals surface area (Å²) >= 11 is 5.35. The van der Waals surface area contributed by atoms with Crippen LogP contribution in [0.3, 0.4) is 0 Å². The number of benzene rings is 3. The Hall–Kier alpha value is -4.42. The van der Waals surface area contributed by atoms with Crippen LogP contribution in [0.15, 0.2) is 66.7 Å². The molecule has 0 saturated carbocycles. The molecule has 5 rings (SSSR count). The number of nitrogens with zero attached hydrogens (tertiary/aromatic N) is 5. The van der Waals surface area contributed by atoms with Gasteiger partial charge in [-0.25, -0.2) is 0 Å². The topological polar surface area (TPSA) is 127 Å². The summed E-state index contributed by atoms with van der Waals surface area (Å²) in [4.78, 5) is 27.4. The number of fused-ring (bicyclic) bond motifs is 1. The zero-order valence-electron chi connectivity index (χ0n) is 19.0. The van der Waals surface area contributed by atoms with Crippen molar-refractivity contribution < 1.29 is 14.5 Å². The second-order valence-electron chi connectivity index (χ2n) is 7.99. The number of ether oxygens (including phenoxy) is 1. The van der Waals surface area contributed by atoms with E-state index in [-0.39, 0.29) is 16.4 Å². The molecule has 3 aromatic carbocycles. The quantitative estimate of drug-likeness (QED) is 0.240. The first kappa shape index (κ1) is 23.3. The maximum atomic E-state index is 13.1. The van der Waals surface area contributed by atoms with E-state index < -0.39 is 10.8 Å². The molecule has 1 aliphatic rings. The van der Waals surface area contributed by atoms with Crippen LogP contribution in [0.2, 0.25) is 0 Å². The number of carbonyl (C=O) groups excluding carboxylic acids is 1. The van der Waals surface area contributed by atoms with E-state index in [1.54, 1.807) is 29.1 Å². The zero-order chi connectivity index (χ0) is 25.1. The van der Waals surface area contributed by atoms with Crippen molar-refractivity contribution in [1.29, 1.82) is 0 Å². The van der Waals surface area contributed by atoms with Crippen LogP contribution in [0, 0.1) is 10.1 Å². The molecule has 1 amide bonds. The number of carbonyl (C=O) groups is 1. The summed E-state index contributed by atoms with van der Waals surface area (Å²) in [5.41, 5.74) is 3.36. The molecule has 0 radical (unpaired) electrons. The smallest absolute Gasteiger partial charge is 0.270 e. The van der Waals surface area contributed by atoms with Crippen LogP contribution < -0.4 is 15.5 Å². The van der Waals surface area contributed by atoms with Gasteiger partial charge in [-0.2, -0.15) is 4.80 Å². The Balaban J connectivity index is 1.33. The Labute approximate surface area is 210 Å². The van der Waals surface area contributed by atoms with Crippen LogP contribution in [0.4, 0.5) is 17.1 Å². The number of nitro benzene ring substituents is 1. The average molecular weight is 504 g/mol. The van der Waals surface area contributed by atoms with Crippen LogP contribution in [0.1, 0.15) is 10.4 Å². The maximum Gasteiger partial charge on any atom is 0.270 e. The van der Waals surface area contributed by atoms with Crippen LogP contribution in [-0.4, -0.2) is 57.2 Å². The third kappa shape index (κ3) is 4.99. The molecule has 1 aromatic heterocycles. The Bertz CT molecular complexity index is 1450. The first-order chi connectivity index (χ1) is 17.5. The summed E-state index contributed by atoms with van der Waals surface area (Å²) in [6.45, 7) is 2.17. The lowest BCUT2D eigenvalue weighted by atomic mass is 10.1. The van der Waals surface area contributed by atoms with Crippen molar-refractivity contribution >= 4 is 51.3 Å². The third-order valence-electron chi connectivity index (χ3n) is 5.64. The second kappa shape index (κ2) is 10.1. The van der Waals surface area contributed by atoms with Gasteiger partial charge in [0.1, 0.15) is 11.0 Å². The molecule has 2 heterocycles. The molecular formula is C24H21N7O4S. The number of hydrogen-bond donors (Lipinski definition) is 2. The molecule has 12 heteroatoms. The highest BCUT2D eigenvalue weighted by Gasteiger charge is 2.22. The lowest BCUT2D eigenvalue weighted by molar-refractivity contribution is -0.384. The van der Waals surface area contributed by atoms with Crippen LogP contribution in [-0.2, 0) is 4.74 Å². The second-order valence-corrected chi connectivity index (χ2v) is 8.40. The van der Waals surface area contributed by atoms with Gasteiger partial charge in [-0.3, -0.25) is 20.2 Å². The fraction of sp³-hybridized carbons (Fsp3) is 0.167. The number of morpholine rings is 1. The fourth-order valence-corrected chi connectivity index (χ4v) is 4.11. The summed E-state index contributed by atoms with van der Waals surface area (Å²) in [5.74, 6) is -0.547. The number of anilines is 2. The van der Waals surface area contributed by atoms with E-state index in [0.29, 0.717) is 48.7 Å². The number of rotatable bonds is 5.